The third-order valence-electron chi connectivity index (χ3n) is 5.12. The molecule has 4 heterocycles. The highest BCUT2D eigenvalue weighted by atomic mass is 16.5. The number of aromatic nitrogens is 2. The minimum absolute atomic E-state index is 0.0565. The molecule has 2 aromatic rings. The smallest absolute Gasteiger partial charge is 0.275 e. The Bertz CT molecular complexity index is 696. The van der Waals surface area contributed by atoms with Gasteiger partial charge in [0.1, 0.15) is 18.6 Å². The van der Waals surface area contributed by atoms with Crippen LogP contribution in [0.5, 0.6) is 5.75 Å². The van der Waals surface area contributed by atoms with Crippen molar-refractivity contribution < 1.29 is 18.7 Å². The van der Waals surface area contributed by atoms with Crippen molar-refractivity contribution >= 4 is 5.91 Å². The predicted octanol–water partition coefficient (Wildman–Crippen LogP) is 2.16. The lowest BCUT2D eigenvalue weighted by Gasteiger charge is -2.38. The summed E-state index contributed by atoms with van der Waals surface area (Å²) in [6, 6.07) is 3.75. The average molecular weight is 343 g/mol. The molecular formula is C18H21N3O4. The lowest BCUT2D eigenvalue weighted by molar-refractivity contribution is 0.0425. The summed E-state index contributed by atoms with van der Waals surface area (Å²) < 4.78 is 16.6. The largest absolute Gasteiger partial charge is 0.489 e. The molecule has 0 N–H and O–H groups in total. The van der Waals surface area contributed by atoms with Gasteiger partial charge in [0.15, 0.2) is 12.1 Å². The van der Waals surface area contributed by atoms with Crippen molar-refractivity contribution in [2.75, 3.05) is 26.3 Å². The van der Waals surface area contributed by atoms with Crippen LogP contribution in [0.2, 0.25) is 0 Å². The van der Waals surface area contributed by atoms with Crippen LogP contribution in [-0.2, 0) is 4.74 Å². The molecule has 0 aromatic carbocycles. The van der Waals surface area contributed by atoms with E-state index < -0.39 is 0 Å². The van der Waals surface area contributed by atoms with Crippen molar-refractivity contribution in [2.45, 2.75) is 25.4 Å². The summed E-state index contributed by atoms with van der Waals surface area (Å²) in [5, 5.41) is 0. The zero-order valence-corrected chi connectivity index (χ0v) is 14.0. The molecule has 2 aliphatic heterocycles. The van der Waals surface area contributed by atoms with Crippen LogP contribution in [0, 0.1) is 5.41 Å². The van der Waals surface area contributed by atoms with E-state index in [-0.39, 0.29) is 17.4 Å². The van der Waals surface area contributed by atoms with Crippen LogP contribution in [-0.4, -0.2) is 53.2 Å². The highest BCUT2D eigenvalue weighted by molar-refractivity contribution is 5.91. The molecule has 7 heteroatoms. The van der Waals surface area contributed by atoms with E-state index in [1.54, 1.807) is 12.4 Å². The number of pyridine rings is 1. The van der Waals surface area contributed by atoms with E-state index in [0.717, 1.165) is 44.7 Å². The van der Waals surface area contributed by atoms with Gasteiger partial charge in [0.25, 0.3) is 5.91 Å². The summed E-state index contributed by atoms with van der Waals surface area (Å²) in [6.07, 6.45) is 9.08. The molecule has 1 atom stereocenters. The van der Waals surface area contributed by atoms with E-state index in [1.165, 1.54) is 12.7 Å². The van der Waals surface area contributed by atoms with Crippen molar-refractivity contribution in [1.82, 2.24) is 14.9 Å². The average Bonchev–Trinajstić information content (AvgIpc) is 3.32. The summed E-state index contributed by atoms with van der Waals surface area (Å²) in [7, 11) is 0. The number of nitrogens with zero attached hydrogens (tertiary/aromatic N) is 3. The molecule has 4 rings (SSSR count). The number of hydrogen-bond acceptors (Lipinski definition) is 6. The number of carbonyl (C=O) groups is 1. The number of amides is 1. The van der Waals surface area contributed by atoms with Gasteiger partial charge in [0.05, 0.1) is 18.9 Å². The topological polar surface area (TPSA) is 77.7 Å². The van der Waals surface area contributed by atoms with E-state index in [2.05, 4.69) is 9.97 Å². The maximum Gasteiger partial charge on any atom is 0.275 e. The Balaban J connectivity index is 1.28. The highest BCUT2D eigenvalue weighted by Crippen LogP contribution is 2.42. The van der Waals surface area contributed by atoms with Crippen molar-refractivity contribution in [3.63, 3.8) is 0 Å². The van der Waals surface area contributed by atoms with E-state index in [0.29, 0.717) is 12.3 Å². The lowest BCUT2D eigenvalue weighted by atomic mass is 9.76. The van der Waals surface area contributed by atoms with Crippen LogP contribution >= 0.6 is 0 Å². The van der Waals surface area contributed by atoms with E-state index in [9.17, 15) is 4.79 Å². The Morgan fingerprint density at radius 2 is 2.28 bits per heavy atom. The molecule has 132 valence electrons. The van der Waals surface area contributed by atoms with Crippen LogP contribution in [0.1, 0.15) is 29.8 Å². The summed E-state index contributed by atoms with van der Waals surface area (Å²) in [5.41, 5.74) is 0.533. The second-order valence-corrected chi connectivity index (χ2v) is 6.80. The molecule has 2 saturated heterocycles. The van der Waals surface area contributed by atoms with Crippen molar-refractivity contribution in [2.24, 2.45) is 5.41 Å². The third kappa shape index (κ3) is 3.51. The van der Waals surface area contributed by atoms with Crippen molar-refractivity contribution in [1.29, 1.82) is 0 Å². The molecule has 25 heavy (non-hydrogen) atoms. The molecule has 2 aromatic heterocycles. The number of carbonyl (C=O) groups excluding carboxylic acids is 1. The van der Waals surface area contributed by atoms with Gasteiger partial charge in [-0.25, -0.2) is 4.98 Å². The molecule has 7 nitrogen and oxygen atoms in total. The Morgan fingerprint density at radius 1 is 1.40 bits per heavy atom. The van der Waals surface area contributed by atoms with Crippen molar-refractivity contribution in [3.05, 3.63) is 42.9 Å². The van der Waals surface area contributed by atoms with E-state index in [4.69, 9.17) is 13.9 Å². The highest BCUT2D eigenvalue weighted by Gasteiger charge is 2.43. The first kappa shape index (κ1) is 16.1. The standard InChI is InChI=1S/C18H21N3O4/c22-17(16-11-23-13-20-16)21-6-3-18(4-7-21)8-15(25-12-18)10-24-14-2-1-5-19-9-14/h1-2,5,9,11,13,15H,3-4,6-8,10,12H2/t15-/m1/s1. The quantitative estimate of drug-likeness (QED) is 0.846. The van der Waals surface area contributed by atoms with Crippen LogP contribution < -0.4 is 4.74 Å². The number of hydrogen-bond donors (Lipinski definition) is 0. The number of likely N-dealkylation sites (tertiary alicyclic amines) is 1. The van der Waals surface area contributed by atoms with Gasteiger partial charge < -0.3 is 18.8 Å². The maximum absolute atomic E-state index is 12.3. The second kappa shape index (κ2) is 6.84. The molecule has 2 aliphatic rings. The van der Waals surface area contributed by atoms with Crippen LogP contribution in [0.25, 0.3) is 0 Å². The lowest BCUT2D eigenvalue weighted by Crippen LogP contribution is -2.43. The zero-order chi connectivity index (χ0) is 17.1. The van der Waals surface area contributed by atoms with Gasteiger partial charge in [0.2, 0.25) is 0 Å². The first-order valence-corrected chi connectivity index (χ1v) is 8.56. The first-order chi connectivity index (χ1) is 12.2. The van der Waals surface area contributed by atoms with Gasteiger partial charge in [-0.3, -0.25) is 9.78 Å². The fraction of sp³-hybridized carbons (Fsp3) is 0.500. The van der Waals surface area contributed by atoms with Gasteiger partial charge in [-0.05, 0) is 36.8 Å². The molecule has 0 radical (unpaired) electrons. The Morgan fingerprint density at radius 3 is 3.00 bits per heavy atom. The monoisotopic (exact) mass is 343 g/mol. The first-order valence-electron chi connectivity index (χ1n) is 8.56. The second-order valence-electron chi connectivity index (χ2n) is 6.80. The predicted molar refractivity (Wildman–Crippen MR) is 88.2 cm³/mol. The molecule has 0 aliphatic carbocycles. The Kier molecular flexibility index (Phi) is 4.40. The summed E-state index contributed by atoms with van der Waals surface area (Å²) in [6.45, 7) is 2.73. The fourth-order valence-corrected chi connectivity index (χ4v) is 3.64. The van der Waals surface area contributed by atoms with Gasteiger partial charge >= 0.3 is 0 Å². The third-order valence-corrected chi connectivity index (χ3v) is 5.12. The van der Waals surface area contributed by atoms with Crippen molar-refractivity contribution in [3.8, 4) is 5.75 Å². The summed E-state index contributed by atoms with van der Waals surface area (Å²) >= 11 is 0. The molecule has 1 spiro atoms. The van der Waals surface area contributed by atoms with Crippen LogP contribution in [0.3, 0.4) is 0 Å². The minimum Gasteiger partial charge on any atom is -0.489 e. The summed E-state index contributed by atoms with van der Waals surface area (Å²) in [4.78, 5) is 22.2. The van der Waals surface area contributed by atoms with Gasteiger partial charge in [-0.15, -0.1) is 0 Å². The molecule has 1 amide bonds. The molecule has 0 saturated carbocycles. The molecule has 2 fully saturated rings. The number of ether oxygens (including phenoxy) is 2. The minimum atomic E-state index is -0.0565. The van der Waals surface area contributed by atoms with E-state index >= 15 is 0 Å². The summed E-state index contributed by atoms with van der Waals surface area (Å²) in [5.74, 6) is 0.707. The molecular weight excluding hydrogens is 322 g/mol. The maximum atomic E-state index is 12.3. The van der Waals surface area contributed by atoms with E-state index in [1.807, 2.05) is 17.0 Å². The van der Waals surface area contributed by atoms with Gasteiger partial charge in [0, 0.05) is 19.3 Å². The Labute approximate surface area is 146 Å². The number of rotatable bonds is 4. The SMILES string of the molecule is O=C(c1cocn1)N1CCC2(CC1)CO[C@@H](COc1cccnc1)C2. The molecule has 0 unspecified atom stereocenters. The van der Waals surface area contributed by atoms with Gasteiger partial charge in [-0.1, -0.05) is 0 Å². The number of oxazole rings is 1. The fourth-order valence-electron chi connectivity index (χ4n) is 3.64. The zero-order valence-electron chi connectivity index (χ0n) is 14.0. The van der Waals surface area contributed by atoms with Crippen LogP contribution in [0.4, 0.5) is 0 Å². The van der Waals surface area contributed by atoms with Crippen LogP contribution in [0.15, 0.2) is 41.6 Å². The Hall–Kier alpha value is -2.41. The van der Waals surface area contributed by atoms with Gasteiger partial charge in [-0.2, -0.15) is 0 Å². The normalized spacial score (nSPS) is 22.2. The number of piperidine rings is 1. The molecule has 0 bridgehead atoms.